The van der Waals surface area contributed by atoms with Crippen molar-refractivity contribution >= 4 is 0 Å². The first kappa shape index (κ1) is 15.7. The van der Waals surface area contributed by atoms with Crippen LogP contribution in [-0.4, -0.2) is 87.4 Å². The Labute approximate surface area is 131 Å². The molecule has 0 bridgehead atoms. The molecule has 0 aromatic rings. The second-order valence-corrected chi connectivity index (χ2v) is 6.38. The topological polar surface area (TPSA) is 141 Å². The molecule has 0 unspecified atom stereocenters. The highest BCUT2D eigenvalue weighted by Crippen LogP contribution is 2.51. The van der Waals surface area contributed by atoms with Gasteiger partial charge >= 0.3 is 0 Å². The molecule has 130 valence electrons. The summed E-state index contributed by atoms with van der Waals surface area (Å²) in [6.07, 6.45) is -5.51. The molecule has 11 atom stereocenters. The van der Waals surface area contributed by atoms with E-state index in [-0.39, 0.29) is 24.0 Å². The fourth-order valence-corrected chi connectivity index (χ4v) is 3.70. The lowest BCUT2D eigenvalue weighted by Crippen LogP contribution is -2.60. The lowest BCUT2D eigenvalue weighted by Gasteiger charge is -2.42. The fraction of sp³-hybridized carbons (Fsp3) is 0.857. The van der Waals surface area contributed by atoms with Crippen molar-refractivity contribution < 1.29 is 44.5 Å². The number of ether oxygens (including phenoxy) is 4. The van der Waals surface area contributed by atoms with E-state index >= 15 is 0 Å². The molecule has 3 fully saturated rings. The molecule has 1 aliphatic carbocycles. The zero-order valence-electron chi connectivity index (χ0n) is 12.1. The van der Waals surface area contributed by atoms with Gasteiger partial charge in [-0.3, -0.25) is 0 Å². The standard InChI is InChI=1S/C14H20O9/c15-3-5-8(17)9(18)10(19)14(21-5)23-13-6-4(1-2-20-13)7(16)12-11(6)22-12/h1-2,4-19H,3H2/t4-,5-,6+,7+,8-,9+,10+,11-,12+,13+,14+/m1/s1. The first-order valence-electron chi connectivity index (χ1n) is 7.64. The van der Waals surface area contributed by atoms with E-state index < -0.39 is 49.7 Å². The maximum atomic E-state index is 10.1. The molecular formula is C14H20O9. The van der Waals surface area contributed by atoms with E-state index in [9.17, 15) is 25.5 Å². The molecule has 5 N–H and O–H groups in total. The van der Waals surface area contributed by atoms with Crippen molar-refractivity contribution in [1.82, 2.24) is 0 Å². The highest BCUT2D eigenvalue weighted by Gasteiger charge is 2.65. The van der Waals surface area contributed by atoms with Crippen LogP contribution in [0.25, 0.3) is 0 Å². The van der Waals surface area contributed by atoms with Gasteiger partial charge in [0.1, 0.15) is 30.5 Å². The molecule has 23 heavy (non-hydrogen) atoms. The van der Waals surface area contributed by atoms with Gasteiger partial charge in [0.15, 0.2) is 6.29 Å². The van der Waals surface area contributed by atoms with Gasteiger partial charge in [-0.05, 0) is 6.08 Å². The Morgan fingerprint density at radius 1 is 0.870 bits per heavy atom. The summed E-state index contributed by atoms with van der Waals surface area (Å²) in [4.78, 5) is 0. The Kier molecular flexibility index (Phi) is 3.86. The Morgan fingerprint density at radius 3 is 2.39 bits per heavy atom. The van der Waals surface area contributed by atoms with Crippen molar-refractivity contribution in [3.05, 3.63) is 12.3 Å². The maximum Gasteiger partial charge on any atom is 0.207 e. The average Bonchev–Trinajstić information content (AvgIpc) is 3.29. The molecule has 0 aromatic heterocycles. The average molecular weight is 332 g/mol. The molecule has 0 radical (unpaired) electrons. The normalized spacial score (nSPS) is 57.5. The molecule has 3 aliphatic heterocycles. The minimum absolute atomic E-state index is 0.178. The Balaban J connectivity index is 1.48. The van der Waals surface area contributed by atoms with Gasteiger partial charge in [0.25, 0.3) is 0 Å². The molecule has 9 nitrogen and oxygen atoms in total. The van der Waals surface area contributed by atoms with Gasteiger partial charge in [0.05, 0.1) is 31.0 Å². The zero-order valence-corrected chi connectivity index (χ0v) is 12.1. The summed E-state index contributed by atoms with van der Waals surface area (Å²) in [5, 5.41) is 48.9. The Hall–Kier alpha value is -0.780. The first-order chi connectivity index (χ1) is 11.0. The first-order valence-corrected chi connectivity index (χ1v) is 7.64. The number of aliphatic hydroxyl groups is 5. The number of fused-ring (bicyclic) bond motifs is 3. The van der Waals surface area contributed by atoms with Crippen LogP contribution in [0.3, 0.4) is 0 Å². The van der Waals surface area contributed by atoms with Crippen LogP contribution >= 0.6 is 0 Å². The molecule has 9 heteroatoms. The van der Waals surface area contributed by atoms with Crippen LogP contribution in [0.1, 0.15) is 0 Å². The van der Waals surface area contributed by atoms with Crippen molar-refractivity contribution in [3.8, 4) is 0 Å². The van der Waals surface area contributed by atoms with E-state index in [1.807, 2.05) is 0 Å². The quantitative estimate of drug-likeness (QED) is 0.343. The third-order valence-corrected chi connectivity index (χ3v) is 5.06. The van der Waals surface area contributed by atoms with Gasteiger partial charge in [0, 0.05) is 5.92 Å². The van der Waals surface area contributed by atoms with Gasteiger partial charge in [-0.2, -0.15) is 0 Å². The van der Waals surface area contributed by atoms with Gasteiger partial charge in [-0.15, -0.1) is 0 Å². The van der Waals surface area contributed by atoms with Crippen molar-refractivity contribution in [1.29, 1.82) is 0 Å². The number of epoxide rings is 1. The second-order valence-electron chi connectivity index (χ2n) is 6.38. The van der Waals surface area contributed by atoms with E-state index in [0.717, 1.165) is 0 Å². The molecule has 2 saturated heterocycles. The third kappa shape index (κ3) is 2.39. The Morgan fingerprint density at radius 2 is 1.65 bits per heavy atom. The summed E-state index contributed by atoms with van der Waals surface area (Å²) in [7, 11) is 0. The molecule has 4 aliphatic rings. The predicted octanol–water partition coefficient (Wildman–Crippen LogP) is -2.95. The highest BCUT2D eigenvalue weighted by molar-refractivity contribution is 5.16. The molecule has 3 heterocycles. The van der Waals surface area contributed by atoms with Crippen LogP contribution < -0.4 is 0 Å². The van der Waals surface area contributed by atoms with Crippen molar-refractivity contribution in [2.45, 2.75) is 55.3 Å². The van der Waals surface area contributed by atoms with E-state index in [4.69, 9.17) is 18.9 Å². The van der Waals surface area contributed by atoms with Gasteiger partial charge in [-0.1, -0.05) is 0 Å². The Bertz CT molecular complexity index is 483. The summed E-state index contributed by atoms with van der Waals surface area (Å²) < 4.78 is 21.8. The van der Waals surface area contributed by atoms with Crippen molar-refractivity contribution in [3.63, 3.8) is 0 Å². The summed E-state index contributed by atoms with van der Waals surface area (Å²) in [5.74, 6) is -0.435. The molecule has 1 saturated carbocycles. The van der Waals surface area contributed by atoms with Crippen molar-refractivity contribution in [2.75, 3.05) is 6.61 Å². The second kappa shape index (κ2) is 5.64. The smallest absolute Gasteiger partial charge is 0.207 e. The number of hydrogen-bond acceptors (Lipinski definition) is 9. The van der Waals surface area contributed by atoms with E-state index in [0.29, 0.717) is 0 Å². The third-order valence-electron chi connectivity index (χ3n) is 5.06. The summed E-state index contributed by atoms with van der Waals surface area (Å²) >= 11 is 0. The van der Waals surface area contributed by atoms with E-state index in [1.165, 1.54) is 6.26 Å². The van der Waals surface area contributed by atoms with Crippen LogP contribution in [0, 0.1) is 11.8 Å². The summed E-state index contributed by atoms with van der Waals surface area (Å²) in [6, 6.07) is 0. The molecule has 0 aromatic carbocycles. The number of rotatable bonds is 3. The summed E-state index contributed by atoms with van der Waals surface area (Å²) in [6.45, 7) is -0.533. The minimum atomic E-state index is -1.51. The minimum Gasteiger partial charge on any atom is -0.472 e. The van der Waals surface area contributed by atoms with Crippen LogP contribution in [0.15, 0.2) is 12.3 Å². The highest BCUT2D eigenvalue weighted by atomic mass is 16.8. The van der Waals surface area contributed by atoms with Gasteiger partial charge in [0.2, 0.25) is 6.29 Å². The number of aliphatic hydroxyl groups excluding tert-OH is 5. The van der Waals surface area contributed by atoms with Crippen LogP contribution in [0.2, 0.25) is 0 Å². The molecular weight excluding hydrogens is 312 g/mol. The lowest BCUT2D eigenvalue weighted by molar-refractivity contribution is -0.342. The van der Waals surface area contributed by atoms with E-state index in [2.05, 4.69) is 0 Å². The van der Waals surface area contributed by atoms with Gasteiger partial charge < -0.3 is 44.5 Å². The lowest BCUT2D eigenvalue weighted by atomic mass is 9.91. The largest absolute Gasteiger partial charge is 0.472 e. The summed E-state index contributed by atoms with van der Waals surface area (Å²) in [5.41, 5.74) is 0. The predicted molar refractivity (Wildman–Crippen MR) is 70.5 cm³/mol. The van der Waals surface area contributed by atoms with Crippen LogP contribution in [-0.2, 0) is 18.9 Å². The molecule has 0 spiro atoms. The molecule has 0 amide bonds. The fourth-order valence-electron chi connectivity index (χ4n) is 3.70. The van der Waals surface area contributed by atoms with Crippen LogP contribution in [0.5, 0.6) is 0 Å². The van der Waals surface area contributed by atoms with Gasteiger partial charge in [-0.25, -0.2) is 0 Å². The van der Waals surface area contributed by atoms with E-state index in [1.54, 1.807) is 6.08 Å². The molecule has 4 rings (SSSR count). The van der Waals surface area contributed by atoms with Crippen LogP contribution in [0.4, 0.5) is 0 Å². The maximum absolute atomic E-state index is 10.1. The SMILES string of the molecule is OC[C@H]1O[C@@H](O[C@@H]2OC=C[C@H]3[C@H](O)[C@@H]4O[C@@H]4[C@@H]23)[C@@H](O)[C@@H](O)[C@@H]1O. The number of hydrogen-bond donors (Lipinski definition) is 5. The zero-order chi connectivity index (χ0) is 16.3. The monoisotopic (exact) mass is 332 g/mol. The van der Waals surface area contributed by atoms with Crippen molar-refractivity contribution in [2.24, 2.45) is 11.8 Å².